The molecule has 0 aromatic heterocycles. The number of ether oxygens (including phenoxy) is 1. The molecule has 144 valence electrons. The third-order valence-electron chi connectivity index (χ3n) is 4.54. The predicted molar refractivity (Wildman–Crippen MR) is 100 cm³/mol. The summed E-state index contributed by atoms with van der Waals surface area (Å²) in [5, 5.41) is 2.73. The average molecular weight is 362 g/mol. The largest absolute Gasteiger partial charge is 0.445 e. The van der Waals surface area contributed by atoms with Gasteiger partial charge in [0.25, 0.3) is 0 Å². The molecular weight excluding hydrogens is 332 g/mol. The van der Waals surface area contributed by atoms with Gasteiger partial charge in [0, 0.05) is 7.05 Å². The molecule has 1 N–H and O–H groups in total. The molecule has 1 rings (SSSR count). The zero-order valence-corrected chi connectivity index (χ0v) is 16.3. The third kappa shape index (κ3) is 6.17. The van der Waals surface area contributed by atoms with Crippen LogP contribution in [0.3, 0.4) is 0 Å². The second-order valence-electron chi connectivity index (χ2n) is 6.90. The molecule has 3 atom stereocenters. The van der Waals surface area contributed by atoms with Crippen LogP contribution in [-0.4, -0.2) is 42.3 Å². The summed E-state index contributed by atoms with van der Waals surface area (Å²) in [7, 11) is 1.55. The first-order valence-corrected chi connectivity index (χ1v) is 9.00. The van der Waals surface area contributed by atoms with E-state index in [2.05, 4.69) is 5.32 Å². The van der Waals surface area contributed by atoms with E-state index < -0.39 is 18.2 Å². The van der Waals surface area contributed by atoms with Crippen molar-refractivity contribution in [1.29, 1.82) is 0 Å². The lowest BCUT2D eigenvalue weighted by Crippen LogP contribution is -2.54. The van der Waals surface area contributed by atoms with Crippen LogP contribution in [0.2, 0.25) is 0 Å². The second kappa shape index (κ2) is 10.6. The van der Waals surface area contributed by atoms with Crippen molar-refractivity contribution in [3.63, 3.8) is 0 Å². The lowest BCUT2D eigenvalue weighted by atomic mass is 9.96. The Balaban J connectivity index is 2.81. The number of likely N-dealkylation sites (N-methyl/N-ethyl adjacent to an activating group) is 1. The number of nitrogens with zero attached hydrogens (tertiary/aromatic N) is 1. The van der Waals surface area contributed by atoms with Crippen LogP contribution in [0.5, 0.6) is 0 Å². The lowest BCUT2D eigenvalue weighted by Gasteiger charge is -2.32. The Morgan fingerprint density at radius 1 is 1.19 bits per heavy atom. The smallest absolute Gasteiger partial charge is 0.410 e. The van der Waals surface area contributed by atoms with E-state index in [0.717, 1.165) is 11.8 Å². The summed E-state index contributed by atoms with van der Waals surface area (Å²) in [5.41, 5.74) is 0.875. The Labute approximate surface area is 155 Å². The first-order valence-electron chi connectivity index (χ1n) is 9.00. The maximum Gasteiger partial charge on any atom is 0.410 e. The zero-order valence-electron chi connectivity index (χ0n) is 16.3. The zero-order chi connectivity index (χ0) is 19.7. The second-order valence-corrected chi connectivity index (χ2v) is 6.90. The Morgan fingerprint density at radius 3 is 2.31 bits per heavy atom. The molecule has 0 unspecified atom stereocenters. The van der Waals surface area contributed by atoms with E-state index in [4.69, 9.17) is 4.74 Å². The molecule has 0 bridgehead atoms. The van der Waals surface area contributed by atoms with E-state index in [9.17, 15) is 14.4 Å². The number of aldehydes is 1. The van der Waals surface area contributed by atoms with Crippen LogP contribution in [0.15, 0.2) is 30.3 Å². The summed E-state index contributed by atoms with van der Waals surface area (Å²) in [6.07, 6.45) is 0.868. The van der Waals surface area contributed by atoms with Crippen molar-refractivity contribution in [2.45, 2.75) is 52.8 Å². The highest BCUT2D eigenvalue weighted by atomic mass is 16.6. The molecule has 6 nitrogen and oxygen atoms in total. The molecule has 0 aliphatic carbocycles. The molecule has 0 aliphatic heterocycles. The normalized spacial score (nSPS) is 14.2. The van der Waals surface area contributed by atoms with Gasteiger partial charge in [0.1, 0.15) is 18.9 Å². The summed E-state index contributed by atoms with van der Waals surface area (Å²) in [5.74, 6) is -0.447. The van der Waals surface area contributed by atoms with Crippen LogP contribution in [0.25, 0.3) is 0 Å². The van der Waals surface area contributed by atoms with Gasteiger partial charge in [-0.25, -0.2) is 4.79 Å². The van der Waals surface area contributed by atoms with Crippen molar-refractivity contribution in [1.82, 2.24) is 10.2 Å². The van der Waals surface area contributed by atoms with Gasteiger partial charge < -0.3 is 14.8 Å². The van der Waals surface area contributed by atoms with Gasteiger partial charge in [0.2, 0.25) is 5.91 Å². The van der Waals surface area contributed by atoms with E-state index in [1.165, 1.54) is 4.90 Å². The standard InChI is InChI=1S/C20H30N2O4/c1-6-15(4)18(19(24)21-17(12-23)14(2)3)22(5)20(25)26-13-16-10-8-7-9-11-16/h7-12,14-15,17-18H,6,13H2,1-5H3,(H,21,24)/t15-,17+,18-/m0/s1. The van der Waals surface area contributed by atoms with Crippen molar-refractivity contribution < 1.29 is 19.1 Å². The third-order valence-corrected chi connectivity index (χ3v) is 4.54. The molecule has 2 amide bonds. The predicted octanol–water partition coefficient (Wildman–Crippen LogP) is 3.01. The lowest BCUT2D eigenvalue weighted by molar-refractivity contribution is -0.130. The van der Waals surface area contributed by atoms with Crippen molar-refractivity contribution in [2.75, 3.05) is 7.05 Å². The van der Waals surface area contributed by atoms with Crippen LogP contribution in [0.4, 0.5) is 4.79 Å². The van der Waals surface area contributed by atoms with Gasteiger partial charge in [-0.2, -0.15) is 0 Å². The minimum atomic E-state index is -0.704. The van der Waals surface area contributed by atoms with Crippen LogP contribution >= 0.6 is 0 Å². The van der Waals surface area contributed by atoms with Gasteiger partial charge in [-0.3, -0.25) is 9.69 Å². The molecular formula is C20H30N2O4. The molecule has 0 saturated heterocycles. The van der Waals surface area contributed by atoms with Crippen LogP contribution in [-0.2, 0) is 20.9 Å². The molecule has 6 heteroatoms. The number of hydrogen-bond acceptors (Lipinski definition) is 4. The van der Waals surface area contributed by atoms with Crippen molar-refractivity contribution in [3.8, 4) is 0 Å². The van der Waals surface area contributed by atoms with Crippen molar-refractivity contribution in [2.24, 2.45) is 11.8 Å². The van der Waals surface area contributed by atoms with Crippen LogP contribution in [0.1, 0.15) is 39.7 Å². The van der Waals surface area contributed by atoms with Crippen LogP contribution < -0.4 is 5.32 Å². The minimum Gasteiger partial charge on any atom is -0.445 e. The van der Waals surface area contributed by atoms with Gasteiger partial charge in [-0.15, -0.1) is 0 Å². The molecule has 26 heavy (non-hydrogen) atoms. The molecule has 0 saturated carbocycles. The van der Waals surface area contributed by atoms with E-state index in [1.807, 2.05) is 58.0 Å². The first kappa shape index (κ1) is 21.7. The molecule has 1 aromatic rings. The fraction of sp³-hybridized carbons (Fsp3) is 0.550. The summed E-state index contributed by atoms with van der Waals surface area (Å²) in [6.45, 7) is 7.71. The fourth-order valence-corrected chi connectivity index (χ4v) is 2.58. The van der Waals surface area contributed by atoms with Crippen LogP contribution in [0, 0.1) is 11.8 Å². The number of amides is 2. The van der Waals surface area contributed by atoms with Crippen molar-refractivity contribution in [3.05, 3.63) is 35.9 Å². The minimum absolute atomic E-state index is 0.0237. The number of rotatable bonds is 9. The highest BCUT2D eigenvalue weighted by Crippen LogP contribution is 2.16. The number of hydrogen-bond donors (Lipinski definition) is 1. The highest BCUT2D eigenvalue weighted by Gasteiger charge is 2.33. The van der Waals surface area contributed by atoms with Gasteiger partial charge in [0.05, 0.1) is 6.04 Å². The van der Waals surface area contributed by atoms with Gasteiger partial charge in [0.15, 0.2) is 0 Å². The highest BCUT2D eigenvalue weighted by molar-refractivity contribution is 5.87. The number of carbonyl (C=O) groups excluding carboxylic acids is 3. The monoisotopic (exact) mass is 362 g/mol. The summed E-state index contributed by atoms with van der Waals surface area (Å²) >= 11 is 0. The van der Waals surface area contributed by atoms with E-state index in [0.29, 0.717) is 6.42 Å². The maximum absolute atomic E-state index is 12.7. The summed E-state index contributed by atoms with van der Waals surface area (Å²) in [6, 6.07) is 8.07. The Hall–Kier alpha value is -2.37. The Bertz CT molecular complexity index is 589. The summed E-state index contributed by atoms with van der Waals surface area (Å²) in [4.78, 5) is 37.6. The topological polar surface area (TPSA) is 75.7 Å². The van der Waals surface area contributed by atoms with Crippen molar-refractivity contribution >= 4 is 18.3 Å². The number of benzene rings is 1. The Morgan fingerprint density at radius 2 is 1.81 bits per heavy atom. The maximum atomic E-state index is 12.7. The quantitative estimate of drug-likeness (QED) is 0.685. The van der Waals surface area contributed by atoms with E-state index >= 15 is 0 Å². The molecule has 0 radical (unpaired) electrons. The molecule has 1 aromatic carbocycles. The average Bonchev–Trinajstić information content (AvgIpc) is 2.64. The van der Waals surface area contributed by atoms with Gasteiger partial charge >= 0.3 is 6.09 Å². The molecule has 0 heterocycles. The Kier molecular flexibility index (Phi) is 8.82. The van der Waals surface area contributed by atoms with E-state index in [-0.39, 0.29) is 24.3 Å². The fourth-order valence-electron chi connectivity index (χ4n) is 2.58. The number of carbonyl (C=O) groups is 3. The van der Waals surface area contributed by atoms with Gasteiger partial charge in [-0.05, 0) is 17.4 Å². The van der Waals surface area contributed by atoms with E-state index in [1.54, 1.807) is 7.05 Å². The SMILES string of the molecule is CC[C@H](C)[C@@H](C(=O)N[C@H](C=O)C(C)C)N(C)C(=O)OCc1ccccc1. The number of nitrogens with one attached hydrogen (secondary N) is 1. The molecule has 0 aliphatic rings. The van der Waals surface area contributed by atoms with Gasteiger partial charge in [-0.1, -0.05) is 64.4 Å². The first-order chi connectivity index (χ1) is 12.3. The molecule has 0 fully saturated rings. The summed E-state index contributed by atoms with van der Waals surface area (Å²) < 4.78 is 5.33. The molecule has 0 spiro atoms.